The second kappa shape index (κ2) is 7.50. The highest BCUT2D eigenvalue weighted by atomic mass is 16.5. The van der Waals surface area contributed by atoms with Crippen LogP contribution >= 0.6 is 0 Å². The van der Waals surface area contributed by atoms with E-state index in [0.717, 1.165) is 12.8 Å². The molecule has 0 saturated carbocycles. The fourth-order valence-corrected chi connectivity index (χ4v) is 2.01. The SMILES string of the molecule is O=c1c(OCCCc2ccccc2)cccn1CCO. The molecular weight excluding hydrogens is 254 g/mol. The van der Waals surface area contributed by atoms with Crippen LogP contribution in [-0.4, -0.2) is 22.9 Å². The van der Waals surface area contributed by atoms with Gasteiger partial charge in [-0.3, -0.25) is 4.79 Å². The van der Waals surface area contributed by atoms with Crippen molar-refractivity contribution in [3.05, 3.63) is 64.6 Å². The smallest absolute Gasteiger partial charge is 0.292 e. The third-order valence-corrected chi connectivity index (χ3v) is 3.04. The van der Waals surface area contributed by atoms with Gasteiger partial charge in [-0.1, -0.05) is 30.3 Å². The van der Waals surface area contributed by atoms with E-state index < -0.39 is 0 Å². The predicted molar refractivity (Wildman–Crippen MR) is 78.0 cm³/mol. The molecule has 0 radical (unpaired) electrons. The lowest BCUT2D eigenvalue weighted by molar-refractivity contribution is 0.269. The maximum atomic E-state index is 11.9. The number of ether oxygens (including phenoxy) is 1. The molecule has 0 aliphatic rings. The zero-order valence-electron chi connectivity index (χ0n) is 11.4. The first-order valence-electron chi connectivity index (χ1n) is 6.78. The van der Waals surface area contributed by atoms with E-state index in [1.165, 1.54) is 10.1 Å². The lowest BCUT2D eigenvalue weighted by Gasteiger charge is -2.08. The van der Waals surface area contributed by atoms with Gasteiger partial charge in [-0.05, 0) is 30.5 Å². The summed E-state index contributed by atoms with van der Waals surface area (Å²) in [5, 5.41) is 8.87. The minimum absolute atomic E-state index is 0.0582. The minimum Gasteiger partial charge on any atom is -0.488 e. The van der Waals surface area contributed by atoms with E-state index in [2.05, 4.69) is 12.1 Å². The molecule has 1 aromatic heterocycles. The molecule has 0 fully saturated rings. The summed E-state index contributed by atoms with van der Waals surface area (Å²) >= 11 is 0. The lowest BCUT2D eigenvalue weighted by Crippen LogP contribution is -2.22. The van der Waals surface area contributed by atoms with E-state index in [1.54, 1.807) is 18.3 Å². The fourth-order valence-electron chi connectivity index (χ4n) is 2.01. The summed E-state index contributed by atoms with van der Waals surface area (Å²) in [6, 6.07) is 13.6. The van der Waals surface area contributed by atoms with Gasteiger partial charge in [0.05, 0.1) is 13.2 Å². The molecule has 0 unspecified atom stereocenters. The van der Waals surface area contributed by atoms with Gasteiger partial charge in [0, 0.05) is 12.7 Å². The number of aliphatic hydroxyl groups excluding tert-OH is 1. The molecule has 0 aliphatic carbocycles. The Balaban J connectivity index is 1.85. The second-order valence-corrected chi connectivity index (χ2v) is 4.53. The maximum absolute atomic E-state index is 11.9. The van der Waals surface area contributed by atoms with Gasteiger partial charge in [0.15, 0.2) is 5.75 Å². The van der Waals surface area contributed by atoms with Crippen molar-refractivity contribution >= 4 is 0 Å². The van der Waals surface area contributed by atoms with Gasteiger partial charge in [0.1, 0.15) is 0 Å². The van der Waals surface area contributed by atoms with Crippen LogP contribution < -0.4 is 10.3 Å². The number of aryl methyl sites for hydroxylation is 1. The van der Waals surface area contributed by atoms with Crippen molar-refractivity contribution in [2.75, 3.05) is 13.2 Å². The van der Waals surface area contributed by atoms with E-state index in [1.807, 2.05) is 18.2 Å². The molecule has 0 bridgehead atoms. The van der Waals surface area contributed by atoms with E-state index in [0.29, 0.717) is 18.9 Å². The van der Waals surface area contributed by atoms with Gasteiger partial charge in [-0.25, -0.2) is 0 Å². The van der Waals surface area contributed by atoms with Crippen LogP contribution in [0.5, 0.6) is 5.75 Å². The number of nitrogens with zero attached hydrogens (tertiary/aromatic N) is 1. The van der Waals surface area contributed by atoms with E-state index >= 15 is 0 Å². The molecule has 0 spiro atoms. The van der Waals surface area contributed by atoms with Gasteiger partial charge in [0.25, 0.3) is 5.56 Å². The van der Waals surface area contributed by atoms with Gasteiger partial charge in [-0.2, -0.15) is 0 Å². The molecule has 2 rings (SSSR count). The zero-order valence-corrected chi connectivity index (χ0v) is 11.4. The Morgan fingerprint density at radius 1 is 1.10 bits per heavy atom. The third kappa shape index (κ3) is 3.96. The zero-order chi connectivity index (χ0) is 14.2. The van der Waals surface area contributed by atoms with Crippen LogP contribution in [0.1, 0.15) is 12.0 Å². The van der Waals surface area contributed by atoms with Crippen LogP contribution in [0, 0.1) is 0 Å². The normalized spacial score (nSPS) is 10.4. The van der Waals surface area contributed by atoms with E-state index in [-0.39, 0.29) is 12.2 Å². The predicted octanol–water partition coefficient (Wildman–Crippen LogP) is 1.85. The first-order valence-corrected chi connectivity index (χ1v) is 6.78. The monoisotopic (exact) mass is 273 g/mol. The molecule has 4 heteroatoms. The Kier molecular flexibility index (Phi) is 5.38. The van der Waals surface area contributed by atoms with Crippen LogP contribution in [0.15, 0.2) is 53.5 Å². The molecule has 0 amide bonds. The van der Waals surface area contributed by atoms with Crippen molar-refractivity contribution < 1.29 is 9.84 Å². The molecule has 106 valence electrons. The van der Waals surface area contributed by atoms with Crippen LogP contribution in [0.3, 0.4) is 0 Å². The first kappa shape index (κ1) is 14.3. The Hall–Kier alpha value is -2.07. The molecule has 0 saturated heterocycles. The Morgan fingerprint density at radius 3 is 2.65 bits per heavy atom. The highest BCUT2D eigenvalue weighted by Crippen LogP contribution is 2.05. The van der Waals surface area contributed by atoms with Gasteiger partial charge < -0.3 is 14.4 Å². The summed E-state index contributed by atoms with van der Waals surface area (Å²) in [5.41, 5.74) is 1.07. The van der Waals surface area contributed by atoms with Crippen molar-refractivity contribution in [1.29, 1.82) is 0 Å². The molecule has 1 aromatic carbocycles. The third-order valence-electron chi connectivity index (χ3n) is 3.04. The second-order valence-electron chi connectivity index (χ2n) is 4.53. The van der Waals surface area contributed by atoms with E-state index in [9.17, 15) is 4.79 Å². The maximum Gasteiger partial charge on any atom is 0.292 e. The summed E-state index contributed by atoms with van der Waals surface area (Å²) in [6.07, 6.45) is 3.44. The number of pyridine rings is 1. The molecule has 2 aromatic rings. The van der Waals surface area contributed by atoms with Crippen molar-refractivity contribution in [3.8, 4) is 5.75 Å². The number of aromatic nitrogens is 1. The molecule has 1 heterocycles. The lowest BCUT2D eigenvalue weighted by atomic mass is 10.1. The van der Waals surface area contributed by atoms with Crippen molar-refractivity contribution in [2.24, 2.45) is 0 Å². The number of aliphatic hydroxyl groups is 1. The van der Waals surface area contributed by atoms with Crippen LogP contribution in [0.2, 0.25) is 0 Å². The summed E-state index contributed by atoms with van der Waals surface area (Å²) in [6.45, 7) is 0.741. The quantitative estimate of drug-likeness (QED) is 0.783. The summed E-state index contributed by atoms with van der Waals surface area (Å²) < 4.78 is 6.98. The topological polar surface area (TPSA) is 51.5 Å². The van der Waals surface area contributed by atoms with Crippen LogP contribution in [-0.2, 0) is 13.0 Å². The van der Waals surface area contributed by atoms with Crippen molar-refractivity contribution in [3.63, 3.8) is 0 Å². The van der Waals surface area contributed by atoms with Gasteiger partial charge in [-0.15, -0.1) is 0 Å². The molecular formula is C16H19NO3. The van der Waals surface area contributed by atoms with Crippen LogP contribution in [0.4, 0.5) is 0 Å². The van der Waals surface area contributed by atoms with Crippen molar-refractivity contribution in [2.45, 2.75) is 19.4 Å². The molecule has 4 nitrogen and oxygen atoms in total. The van der Waals surface area contributed by atoms with E-state index in [4.69, 9.17) is 9.84 Å². The number of hydrogen-bond acceptors (Lipinski definition) is 3. The minimum atomic E-state index is -0.193. The van der Waals surface area contributed by atoms with Crippen molar-refractivity contribution in [1.82, 2.24) is 4.57 Å². The molecule has 0 atom stereocenters. The Labute approximate surface area is 118 Å². The number of hydrogen-bond donors (Lipinski definition) is 1. The molecule has 0 aliphatic heterocycles. The summed E-state index contributed by atoms with van der Waals surface area (Å²) in [7, 11) is 0. The van der Waals surface area contributed by atoms with Gasteiger partial charge >= 0.3 is 0 Å². The standard InChI is InChI=1S/C16H19NO3/c18-12-11-17-10-4-9-15(16(17)19)20-13-5-8-14-6-2-1-3-7-14/h1-4,6-7,9-10,18H,5,8,11-13H2. The molecule has 20 heavy (non-hydrogen) atoms. The number of benzene rings is 1. The number of rotatable bonds is 7. The van der Waals surface area contributed by atoms with Crippen LogP contribution in [0.25, 0.3) is 0 Å². The highest BCUT2D eigenvalue weighted by Gasteiger charge is 2.03. The Bertz CT molecular complexity index is 578. The summed E-state index contributed by atoms with van der Waals surface area (Å²) in [4.78, 5) is 11.9. The summed E-state index contributed by atoms with van der Waals surface area (Å²) in [5.74, 6) is 0.342. The Morgan fingerprint density at radius 2 is 1.90 bits per heavy atom. The fraction of sp³-hybridized carbons (Fsp3) is 0.312. The van der Waals surface area contributed by atoms with Gasteiger partial charge in [0.2, 0.25) is 0 Å². The molecule has 1 N–H and O–H groups in total. The average molecular weight is 273 g/mol. The average Bonchev–Trinajstić information content (AvgIpc) is 2.48. The largest absolute Gasteiger partial charge is 0.488 e. The highest BCUT2D eigenvalue weighted by molar-refractivity contribution is 5.17. The first-order chi connectivity index (χ1) is 9.81.